The second-order valence-electron chi connectivity index (χ2n) is 2.83. The van der Waals surface area contributed by atoms with E-state index in [1.54, 1.807) is 7.11 Å². The highest BCUT2D eigenvalue weighted by Gasteiger charge is 2.18. The maximum atomic E-state index is 5.21. The third kappa shape index (κ3) is 1.88. The Morgan fingerprint density at radius 3 is 2.77 bits per heavy atom. The van der Waals surface area contributed by atoms with Crippen LogP contribution >= 0.6 is 0 Å². The zero-order valence-corrected chi connectivity index (χ0v) is 8.61. The van der Waals surface area contributed by atoms with Crippen molar-refractivity contribution in [3.8, 4) is 0 Å². The molecule has 0 spiro atoms. The molecule has 4 nitrogen and oxygen atoms in total. The maximum Gasteiger partial charge on any atom is 0.344 e. The van der Waals surface area contributed by atoms with Crippen LogP contribution in [0, 0.1) is 0 Å². The minimum atomic E-state index is 0.678. The Balaban J connectivity index is 3.11. The smallest absolute Gasteiger partial charge is 0.344 e. The van der Waals surface area contributed by atoms with Gasteiger partial charge in [0.05, 0.1) is 21.2 Å². The molecule has 0 aliphatic heterocycles. The van der Waals surface area contributed by atoms with Crippen LogP contribution in [0.15, 0.2) is 17.4 Å². The van der Waals surface area contributed by atoms with E-state index in [4.69, 9.17) is 4.74 Å². The molecule has 0 bridgehead atoms. The Kier molecular flexibility index (Phi) is 3.06. The largest absolute Gasteiger partial charge is 0.475 e. The van der Waals surface area contributed by atoms with E-state index >= 15 is 0 Å². The molecular weight excluding hydrogens is 166 g/mol. The highest BCUT2D eigenvalue weighted by Crippen LogP contribution is 1.96. The van der Waals surface area contributed by atoms with Crippen LogP contribution in [0.25, 0.3) is 0 Å². The van der Waals surface area contributed by atoms with Gasteiger partial charge in [0.2, 0.25) is 0 Å². The first-order chi connectivity index (χ1) is 6.20. The van der Waals surface area contributed by atoms with Gasteiger partial charge in [0.15, 0.2) is 0 Å². The number of aryl methyl sites for hydroxylation is 2. The number of hydrogen-bond donors (Lipinski definition) is 0. The molecule has 0 aliphatic carbocycles. The molecule has 0 fully saturated rings. The topological polar surface area (TPSA) is 30.4 Å². The molecule has 0 atom stereocenters. The van der Waals surface area contributed by atoms with Crippen molar-refractivity contribution in [2.24, 2.45) is 19.1 Å². The summed E-state index contributed by atoms with van der Waals surface area (Å²) in [7, 11) is 5.58. The SMILES string of the molecule is CC/N=C(\OC)c1n(C)cc[n+]1C. The van der Waals surface area contributed by atoms with Gasteiger partial charge in [-0.3, -0.25) is 0 Å². The van der Waals surface area contributed by atoms with Gasteiger partial charge in [-0.1, -0.05) is 0 Å². The first-order valence-electron chi connectivity index (χ1n) is 4.30. The monoisotopic (exact) mass is 182 g/mol. The van der Waals surface area contributed by atoms with Crippen molar-refractivity contribution in [2.75, 3.05) is 13.7 Å². The van der Waals surface area contributed by atoms with Crippen molar-refractivity contribution in [1.29, 1.82) is 0 Å². The number of aromatic nitrogens is 2. The number of hydrogen-bond acceptors (Lipinski definition) is 2. The molecule has 0 N–H and O–H groups in total. The van der Waals surface area contributed by atoms with Gasteiger partial charge in [0, 0.05) is 6.54 Å². The molecule has 1 heterocycles. The van der Waals surface area contributed by atoms with Crippen molar-refractivity contribution >= 4 is 5.90 Å². The zero-order chi connectivity index (χ0) is 9.84. The quantitative estimate of drug-likeness (QED) is 0.367. The van der Waals surface area contributed by atoms with Crippen molar-refractivity contribution in [2.45, 2.75) is 6.92 Å². The Morgan fingerprint density at radius 2 is 2.38 bits per heavy atom. The van der Waals surface area contributed by atoms with Crippen molar-refractivity contribution < 1.29 is 9.30 Å². The summed E-state index contributed by atoms with van der Waals surface area (Å²) in [5, 5.41) is 0. The normalized spacial score (nSPS) is 11.8. The average Bonchev–Trinajstić information content (AvgIpc) is 2.43. The highest BCUT2D eigenvalue weighted by molar-refractivity contribution is 5.89. The van der Waals surface area contributed by atoms with Gasteiger partial charge in [-0.2, -0.15) is 0 Å². The Bertz CT molecular complexity index is 295. The summed E-state index contributed by atoms with van der Waals surface area (Å²) in [6.07, 6.45) is 3.94. The molecule has 1 aromatic rings. The van der Waals surface area contributed by atoms with Gasteiger partial charge in [0.25, 0.3) is 0 Å². The number of aliphatic imine (C=N–C) groups is 1. The predicted molar refractivity (Wildman–Crippen MR) is 50.7 cm³/mol. The first-order valence-corrected chi connectivity index (χ1v) is 4.30. The molecule has 0 unspecified atom stereocenters. The van der Waals surface area contributed by atoms with Gasteiger partial charge in [-0.25, -0.2) is 14.1 Å². The maximum absolute atomic E-state index is 5.21. The van der Waals surface area contributed by atoms with Crippen LogP contribution in [0.3, 0.4) is 0 Å². The van der Waals surface area contributed by atoms with Crippen LogP contribution in [0.2, 0.25) is 0 Å². The number of rotatable bonds is 2. The van der Waals surface area contributed by atoms with E-state index in [0.717, 1.165) is 12.4 Å². The minimum absolute atomic E-state index is 0.678. The molecule has 1 rings (SSSR count). The molecule has 0 aromatic carbocycles. The second-order valence-corrected chi connectivity index (χ2v) is 2.83. The lowest BCUT2D eigenvalue weighted by Crippen LogP contribution is -2.35. The highest BCUT2D eigenvalue weighted by atomic mass is 16.5. The number of ether oxygens (including phenoxy) is 1. The van der Waals surface area contributed by atoms with E-state index in [9.17, 15) is 0 Å². The molecular formula is C9H16N3O+. The predicted octanol–water partition coefficient (Wildman–Crippen LogP) is 0.263. The third-order valence-electron chi connectivity index (χ3n) is 1.87. The summed E-state index contributed by atoms with van der Waals surface area (Å²) in [6.45, 7) is 2.72. The van der Waals surface area contributed by atoms with Crippen molar-refractivity contribution in [1.82, 2.24) is 4.57 Å². The first kappa shape index (κ1) is 9.77. The van der Waals surface area contributed by atoms with Crippen LogP contribution in [-0.4, -0.2) is 24.1 Å². The molecule has 72 valence electrons. The molecule has 0 amide bonds. The third-order valence-corrected chi connectivity index (χ3v) is 1.87. The van der Waals surface area contributed by atoms with Crippen molar-refractivity contribution in [3.05, 3.63) is 18.2 Å². The van der Waals surface area contributed by atoms with Crippen LogP contribution in [0.5, 0.6) is 0 Å². The summed E-state index contributed by atoms with van der Waals surface area (Å²) >= 11 is 0. The molecule has 1 aromatic heterocycles. The molecule has 13 heavy (non-hydrogen) atoms. The van der Waals surface area contributed by atoms with Gasteiger partial charge in [-0.05, 0) is 6.92 Å². The molecule has 0 aliphatic rings. The van der Waals surface area contributed by atoms with E-state index in [-0.39, 0.29) is 0 Å². The molecule has 0 saturated carbocycles. The average molecular weight is 182 g/mol. The van der Waals surface area contributed by atoms with Crippen molar-refractivity contribution in [3.63, 3.8) is 0 Å². The second kappa shape index (κ2) is 4.07. The number of nitrogens with zero attached hydrogens (tertiary/aromatic N) is 3. The molecule has 0 saturated heterocycles. The molecule has 0 radical (unpaired) electrons. The van der Waals surface area contributed by atoms with Gasteiger partial charge < -0.3 is 4.74 Å². The fourth-order valence-electron chi connectivity index (χ4n) is 1.26. The van der Waals surface area contributed by atoms with Gasteiger partial charge in [0.1, 0.15) is 12.4 Å². The summed E-state index contributed by atoms with van der Waals surface area (Å²) < 4.78 is 9.17. The number of imidazole rings is 1. The van der Waals surface area contributed by atoms with Crippen LogP contribution in [0.1, 0.15) is 12.7 Å². The fourth-order valence-corrected chi connectivity index (χ4v) is 1.26. The van der Waals surface area contributed by atoms with E-state index in [1.807, 2.05) is 42.5 Å². The Labute approximate surface area is 78.5 Å². The summed E-state index contributed by atoms with van der Waals surface area (Å²) in [5.74, 6) is 1.65. The summed E-state index contributed by atoms with van der Waals surface area (Å²) in [5.41, 5.74) is 0. The van der Waals surface area contributed by atoms with Crippen LogP contribution < -0.4 is 4.57 Å². The standard InChI is InChI=1S/C9H16N3O/c1-5-10-8(13-4)9-11(2)6-7-12(9)3/h6-7H,5H2,1-4H3/q+1/b10-8-. The Morgan fingerprint density at radius 1 is 1.69 bits per heavy atom. The van der Waals surface area contributed by atoms with E-state index in [1.165, 1.54) is 0 Å². The fraction of sp³-hybridized carbons (Fsp3) is 0.556. The van der Waals surface area contributed by atoms with Crippen LogP contribution in [-0.2, 0) is 18.8 Å². The lowest BCUT2D eigenvalue weighted by molar-refractivity contribution is -0.672. The van der Waals surface area contributed by atoms with E-state index in [0.29, 0.717) is 5.90 Å². The van der Waals surface area contributed by atoms with Crippen LogP contribution in [0.4, 0.5) is 0 Å². The molecule has 4 heteroatoms. The van der Waals surface area contributed by atoms with E-state index in [2.05, 4.69) is 4.99 Å². The van der Waals surface area contributed by atoms with Gasteiger partial charge in [-0.15, -0.1) is 0 Å². The number of methoxy groups -OCH3 is 1. The zero-order valence-electron chi connectivity index (χ0n) is 8.61. The summed E-state index contributed by atoms with van der Waals surface area (Å²) in [6, 6.07) is 0. The lowest BCUT2D eigenvalue weighted by atomic mass is 10.5. The Hall–Kier alpha value is -1.32. The lowest BCUT2D eigenvalue weighted by Gasteiger charge is -2.00. The summed E-state index contributed by atoms with van der Waals surface area (Å²) in [4.78, 5) is 4.26. The minimum Gasteiger partial charge on any atom is -0.475 e. The van der Waals surface area contributed by atoms with E-state index < -0.39 is 0 Å². The van der Waals surface area contributed by atoms with Gasteiger partial charge >= 0.3 is 11.7 Å².